The second kappa shape index (κ2) is 60.4. The third kappa shape index (κ3) is 57.7. The van der Waals surface area contributed by atoms with E-state index in [0.29, 0.717) is 12.8 Å². The standard InChI is InChI=1S/C65H114O5/c1-3-5-7-9-11-13-15-17-19-21-23-25-27-28-29-30-31-32-33-34-35-36-38-40-42-44-46-48-50-52-54-56-58-60-65(68)70-63(61-66)62-69-64(67)59-57-55-53-51-49-47-45-43-41-39-37-26-24-22-20-18-16-14-12-10-8-6-4-2/h5,7,11,13,17,19,22-25,28-29,31-32,63,66H,3-4,6,8-10,12,14-16,18,20-21,26-27,30,33-62H2,1-2H3/b7-5-,13-11-,19-17-,24-22-,25-23-,29-28-,32-31-. The second-order valence-corrected chi connectivity index (χ2v) is 20.0. The van der Waals surface area contributed by atoms with E-state index in [1.165, 1.54) is 193 Å². The van der Waals surface area contributed by atoms with Crippen LogP contribution in [0.25, 0.3) is 0 Å². The van der Waals surface area contributed by atoms with Crippen LogP contribution in [-0.4, -0.2) is 36.4 Å². The van der Waals surface area contributed by atoms with E-state index in [9.17, 15) is 14.7 Å². The molecule has 0 aromatic heterocycles. The normalized spacial score (nSPS) is 12.8. The second-order valence-electron chi connectivity index (χ2n) is 20.0. The molecule has 0 rings (SSSR count). The lowest BCUT2D eigenvalue weighted by atomic mass is 10.0. The summed E-state index contributed by atoms with van der Waals surface area (Å²) < 4.78 is 10.7. The van der Waals surface area contributed by atoms with Gasteiger partial charge in [-0.15, -0.1) is 0 Å². The van der Waals surface area contributed by atoms with Crippen LogP contribution in [-0.2, 0) is 19.1 Å². The number of ether oxygens (including phenoxy) is 2. The molecule has 5 nitrogen and oxygen atoms in total. The van der Waals surface area contributed by atoms with Gasteiger partial charge >= 0.3 is 11.9 Å². The lowest BCUT2D eigenvalue weighted by molar-refractivity contribution is -0.161. The van der Waals surface area contributed by atoms with Gasteiger partial charge in [0.15, 0.2) is 6.10 Å². The molecule has 0 aromatic rings. The number of hydrogen-bond donors (Lipinski definition) is 1. The van der Waals surface area contributed by atoms with Crippen LogP contribution in [0.1, 0.15) is 296 Å². The van der Waals surface area contributed by atoms with Gasteiger partial charge in [-0.25, -0.2) is 0 Å². The zero-order chi connectivity index (χ0) is 50.6. The van der Waals surface area contributed by atoms with Crippen molar-refractivity contribution in [2.24, 2.45) is 0 Å². The summed E-state index contributed by atoms with van der Waals surface area (Å²) in [4.78, 5) is 24.6. The van der Waals surface area contributed by atoms with Crippen LogP contribution in [0, 0.1) is 0 Å². The third-order valence-electron chi connectivity index (χ3n) is 13.2. The summed E-state index contributed by atoms with van der Waals surface area (Å²) in [6, 6.07) is 0. The van der Waals surface area contributed by atoms with Crippen molar-refractivity contribution in [2.45, 2.75) is 302 Å². The maximum atomic E-state index is 12.3. The molecule has 0 aliphatic heterocycles. The van der Waals surface area contributed by atoms with Gasteiger partial charge in [-0.2, -0.15) is 0 Å². The van der Waals surface area contributed by atoms with Crippen LogP contribution in [0.2, 0.25) is 0 Å². The van der Waals surface area contributed by atoms with E-state index in [4.69, 9.17) is 9.47 Å². The fourth-order valence-corrected chi connectivity index (χ4v) is 8.67. The van der Waals surface area contributed by atoms with Crippen LogP contribution < -0.4 is 0 Å². The number of carbonyl (C=O) groups is 2. The lowest BCUT2D eigenvalue weighted by Gasteiger charge is -2.15. The first-order valence-electron chi connectivity index (χ1n) is 30.1. The number of aliphatic hydroxyl groups excluding tert-OH is 1. The van der Waals surface area contributed by atoms with Crippen molar-refractivity contribution in [2.75, 3.05) is 13.2 Å². The minimum atomic E-state index is -0.776. The Kier molecular flexibility index (Phi) is 57.9. The summed E-state index contributed by atoms with van der Waals surface area (Å²) >= 11 is 0. The zero-order valence-electron chi connectivity index (χ0n) is 46.3. The molecule has 1 unspecified atom stereocenters. The van der Waals surface area contributed by atoms with E-state index in [-0.39, 0.29) is 25.2 Å². The van der Waals surface area contributed by atoms with Gasteiger partial charge in [0.25, 0.3) is 0 Å². The summed E-state index contributed by atoms with van der Waals surface area (Å²) in [6.07, 6.45) is 84.2. The molecule has 0 spiro atoms. The number of allylic oxidation sites excluding steroid dienone is 14. The molecule has 0 radical (unpaired) electrons. The Labute approximate surface area is 435 Å². The highest BCUT2D eigenvalue weighted by Crippen LogP contribution is 2.16. The topological polar surface area (TPSA) is 72.8 Å². The smallest absolute Gasteiger partial charge is 0.306 e. The van der Waals surface area contributed by atoms with Crippen molar-refractivity contribution < 1.29 is 24.2 Å². The number of aliphatic hydroxyl groups is 1. The average Bonchev–Trinajstić information content (AvgIpc) is 3.36. The number of esters is 2. The van der Waals surface area contributed by atoms with Crippen molar-refractivity contribution >= 4 is 11.9 Å². The molecule has 0 bridgehead atoms. The van der Waals surface area contributed by atoms with Crippen molar-refractivity contribution in [1.29, 1.82) is 0 Å². The Balaban J connectivity index is 3.48. The van der Waals surface area contributed by atoms with Gasteiger partial charge in [-0.3, -0.25) is 9.59 Å². The molecule has 0 saturated carbocycles. The molecule has 0 aromatic carbocycles. The van der Waals surface area contributed by atoms with Crippen LogP contribution >= 0.6 is 0 Å². The van der Waals surface area contributed by atoms with Crippen LogP contribution in [0.15, 0.2) is 85.1 Å². The first-order chi connectivity index (χ1) is 34.6. The molecule has 0 saturated heterocycles. The van der Waals surface area contributed by atoms with Gasteiger partial charge < -0.3 is 14.6 Å². The van der Waals surface area contributed by atoms with Crippen molar-refractivity contribution in [3.63, 3.8) is 0 Å². The van der Waals surface area contributed by atoms with Gasteiger partial charge in [0.05, 0.1) is 6.61 Å². The summed E-state index contributed by atoms with van der Waals surface area (Å²) in [5, 5.41) is 9.67. The molecule has 404 valence electrons. The third-order valence-corrected chi connectivity index (χ3v) is 13.2. The minimum absolute atomic E-state index is 0.0666. The predicted octanol–water partition coefficient (Wildman–Crippen LogP) is 20.5. The molecular formula is C65H114O5. The Hall–Kier alpha value is -2.92. The summed E-state index contributed by atoms with van der Waals surface area (Å²) in [7, 11) is 0. The van der Waals surface area contributed by atoms with Crippen molar-refractivity contribution in [3.8, 4) is 0 Å². The summed E-state index contributed by atoms with van der Waals surface area (Å²) in [5.41, 5.74) is 0. The SMILES string of the molecule is CC/C=C\C/C=C\C/C=C\C/C=C\C/C=C\C/C=C\CCCCCCCCCCCCCCCCC(=O)OC(CO)COC(=O)CCCCCCCCCCCCC/C=C\CCCCCCCCCC. The summed E-state index contributed by atoms with van der Waals surface area (Å²) in [6.45, 7) is 4.05. The van der Waals surface area contributed by atoms with E-state index in [0.717, 1.165) is 77.0 Å². The van der Waals surface area contributed by atoms with Gasteiger partial charge in [0.2, 0.25) is 0 Å². The van der Waals surface area contributed by atoms with Gasteiger partial charge in [-0.05, 0) is 89.9 Å². The van der Waals surface area contributed by atoms with Gasteiger partial charge in [-0.1, -0.05) is 279 Å². The van der Waals surface area contributed by atoms with Crippen molar-refractivity contribution in [1.82, 2.24) is 0 Å². The first-order valence-corrected chi connectivity index (χ1v) is 30.1. The Bertz CT molecular complexity index is 1290. The molecule has 0 heterocycles. The molecule has 70 heavy (non-hydrogen) atoms. The fourth-order valence-electron chi connectivity index (χ4n) is 8.67. The van der Waals surface area contributed by atoms with Crippen LogP contribution in [0.3, 0.4) is 0 Å². The molecule has 0 fully saturated rings. The number of hydrogen-bond acceptors (Lipinski definition) is 5. The van der Waals surface area contributed by atoms with Crippen LogP contribution in [0.5, 0.6) is 0 Å². The Morgan fingerprint density at radius 2 is 0.614 bits per heavy atom. The number of rotatable bonds is 55. The molecule has 5 heteroatoms. The fraction of sp³-hybridized carbons (Fsp3) is 0.754. The zero-order valence-corrected chi connectivity index (χ0v) is 46.3. The maximum Gasteiger partial charge on any atom is 0.306 e. The van der Waals surface area contributed by atoms with E-state index in [1.807, 2.05) is 0 Å². The highest BCUT2D eigenvalue weighted by Gasteiger charge is 2.16. The Morgan fingerprint density at radius 3 is 0.943 bits per heavy atom. The average molecular weight is 976 g/mol. The number of unbranched alkanes of at least 4 members (excludes halogenated alkanes) is 33. The largest absolute Gasteiger partial charge is 0.462 e. The van der Waals surface area contributed by atoms with E-state index >= 15 is 0 Å². The molecule has 1 N–H and O–H groups in total. The number of carbonyl (C=O) groups excluding carboxylic acids is 2. The first kappa shape index (κ1) is 67.1. The molecule has 1 atom stereocenters. The molecule has 0 aliphatic rings. The lowest BCUT2D eigenvalue weighted by Crippen LogP contribution is -2.28. The van der Waals surface area contributed by atoms with E-state index in [2.05, 4.69) is 98.9 Å². The highest BCUT2D eigenvalue weighted by molar-refractivity contribution is 5.70. The van der Waals surface area contributed by atoms with Crippen LogP contribution in [0.4, 0.5) is 0 Å². The van der Waals surface area contributed by atoms with Gasteiger partial charge in [0.1, 0.15) is 6.61 Å². The summed E-state index contributed by atoms with van der Waals surface area (Å²) in [5.74, 6) is -0.584. The molecular weight excluding hydrogens is 861 g/mol. The van der Waals surface area contributed by atoms with E-state index in [1.54, 1.807) is 0 Å². The quantitative estimate of drug-likeness (QED) is 0.0373. The highest BCUT2D eigenvalue weighted by atomic mass is 16.6. The predicted molar refractivity (Wildman–Crippen MR) is 306 cm³/mol. The minimum Gasteiger partial charge on any atom is -0.462 e. The molecule has 0 amide bonds. The van der Waals surface area contributed by atoms with E-state index < -0.39 is 6.10 Å². The van der Waals surface area contributed by atoms with Gasteiger partial charge in [0, 0.05) is 12.8 Å². The molecule has 0 aliphatic carbocycles. The monoisotopic (exact) mass is 975 g/mol. The maximum absolute atomic E-state index is 12.3. The Morgan fingerprint density at radius 1 is 0.343 bits per heavy atom. The van der Waals surface area contributed by atoms with Crippen molar-refractivity contribution in [3.05, 3.63) is 85.1 Å².